The number of rotatable bonds is 3. The maximum atomic E-state index is 12.0. The van der Waals surface area contributed by atoms with Gasteiger partial charge in [0, 0.05) is 30.4 Å². The molecule has 1 atom stereocenters. The van der Waals surface area contributed by atoms with E-state index in [0.717, 1.165) is 17.8 Å². The van der Waals surface area contributed by atoms with Crippen LogP contribution in [0.5, 0.6) is 0 Å². The molecule has 1 unspecified atom stereocenters. The molecule has 0 spiro atoms. The molecule has 2 heterocycles. The Kier molecular flexibility index (Phi) is 3.33. The molecule has 1 amide bonds. The highest BCUT2D eigenvalue weighted by atomic mass is 16.5. The van der Waals surface area contributed by atoms with Crippen molar-refractivity contribution in [1.29, 1.82) is 0 Å². The van der Waals surface area contributed by atoms with Crippen molar-refractivity contribution in [1.82, 2.24) is 4.57 Å². The van der Waals surface area contributed by atoms with Crippen LogP contribution in [0.2, 0.25) is 0 Å². The molecule has 1 aliphatic rings. The van der Waals surface area contributed by atoms with Crippen LogP contribution in [0.3, 0.4) is 0 Å². The van der Waals surface area contributed by atoms with Crippen molar-refractivity contribution in [2.24, 2.45) is 5.92 Å². The molecule has 2 aromatic rings. The average molecular weight is 256 g/mol. The molecule has 1 aliphatic heterocycles. The van der Waals surface area contributed by atoms with Crippen molar-refractivity contribution < 1.29 is 9.53 Å². The molecule has 0 aliphatic carbocycles. The lowest BCUT2D eigenvalue weighted by molar-refractivity contribution is -0.119. The van der Waals surface area contributed by atoms with Gasteiger partial charge in [0.2, 0.25) is 5.91 Å². The second-order valence-corrected chi connectivity index (χ2v) is 4.69. The van der Waals surface area contributed by atoms with Crippen molar-refractivity contribution in [2.45, 2.75) is 6.42 Å². The summed E-state index contributed by atoms with van der Waals surface area (Å²) in [7, 11) is 0. The van der Waals surface area contributed by atoms with Gasteiger partial charge in [0.15, 0.2) is 0 Å². The molecule has 3 rings (SSSR count). The summed E-state index contributed by atoms with van der Waals surface area (Å²) in [5.41, 5.74) is 1.86. The Hall–Kier alpha value is -2.07. The topological polar surface area (TPSA) is 43.3 Å². The van der Waals surface area contributed by atoms with Gasteiger partial charge >= 0.3 is 0 Å². The van der Waals surface area contributed by atoms with Crippen LogP contribution in [0, 0.1) is 5.92 Å². The van der Waals surface area contributed by atoms with Crippen LogP contribution in [0.4, 0.5) is 5.69 Å². The van der Waals surface area contributed by atoms with E-state index in [9.17, 15) is 4.79 Å². The molecule has 1 fully saturated rings. The first-order chi connectivity index (χ1) is 9.33. The van der Waals surface area contributed by atoms with Crippen molar-refractivity contribution in [3.8, 4) is 5.69 Å². The summed E-state index contributed by atoms with van der Waals surface area (Å²) in [6.45, 7) is 1.21. The van der Waals surface area contributed by atoms with E-state index in [-0.39, 0.29) is 11.8 Å². The van der Waals surface area contributed by atoms with Crippen LogP contribution in [-0.2, 0) is 9.53 Å². The van der Waals surface area contributed by atoms with Crippen LogP contribution >= 0.6 is 0 Å². The van der Waals surface area contributed by atoms with E-state index in [1.807, 2.05) is 53.4 Å². The summed E-state index contributed by atoms with van der Waals surface area (Å²) in [6.07, 6.45) is 4.76. The van der Waals surface area contributed by atoms with Gasteiger partial charge in [-0.3, -0.25) is 4.79 Å². The number of benzene rings is 1. The molecule has 19 heavy (non-hydrogen) atoms. The number of nitrogens with zero attached hydrogens (tertiary/aromatic N) is 1. The fourth-order valence-electron chi connectivity index (χ4n) is 2.24. The Labute approximate surface area is 112 Å². The number of hydrogen-bond acceptors (Lipinski definition) is 2. The summed E-state index contributed by atoms with van der Waals surface area (Å²) in [5, 5.41) is 2.95. The Bertz CT molecular complexity index is 557. The highest BCUT2D eigenvalue weighted by Gasteiger charge is 2.23. The minimum atomic E-state index is -0.0183. The maximum absolute atomic E-state index is 12.0. The summed E-state index contributed by atoms with van der Waals surface area (Å²) in [4.78, 5) is 12.0. The molecule has 0 saturated carbocycles. The number of nitrogens with one attached hydrogen (secondary N) is 1. The van der Waals surface area contributed by atoms with Gasteiger partial charge in [0.25, 0.3) is 0 Å². The smallest absolute Gasteiger partial charge is 0.229 e. The summed E-state index contributed by atoms with van der Waals surface area (Å²) in [6, 6.07) is 11.8. The third-order valence-corrected chi connectivity index (χ3v) is 3.32. The summed E-state index contributed by atoms with van der Waals surface area (Å²) >= 11 is 0. The van der Waals surface area contributed by atoms with Crippen LogP contribution < -0.4 is 5.32 Å². The highest BCUT2D eigenvalue weighted by Crippen LogP contribution is 2.18. The Balaban J connectivity index is 1.74. The Morgan fingerprint density at radius 1 is 1.26 bits per heavy atom. The lowest BCUT2D eigenvalue weighted by atomic mass is 10.1. The zero-order valence-electron chi connectivity index (χ0n) is 10.6. The number of hydrogen-bond donors (Lipinski definition) is 1. The molecule has 0 radical (unpaired) electrons. The predicted molar refractivity (Wildman–Crippen MR) is 73.3 cm³/mol. The SMILES string of the molecule is O=C(Nc1cccc(-n2cccc2)c1)C1CCOC1. The van der Waals surface area contributed by atoms with Gasteiger partial charge in [-0.25, -0.2) is 0 Å². The van der Waals surface area contributed by atoms with Crippen LogP contribution in [0.15, 0.2) is 48.8 Å². The number of ether oxygens (including phenoxy) is 1. The van der Waals surface area contributed by atoms with E-state index >= 15 is 0 Å². The van der Waals surface area contributed by atoms with Crippen molar-refractivity contribution in [2.75, 3.05) is 18.5 Å². The number of aromatic nitrogens is 1. The normalized spacial score (nSPS) is 18.4. The van der Waals surface area contributed by atoms with E-state index < -0.39 is 0 Å². The van der Waals surface area contributed by atoms with Crippen LogP contribution in [0.25, 0.3) is 5.69 Å². The standard InChI is InChI=1S/C15H16N2O2/c18-15(12-6-9-19-11-12)16-13-4-3-5-14(10-13)17-7-1-2-8-17/h1-5,7-8,10,12H,6,9,11H2,(H,16,18). The van der Waals surface area contributed by atoms with E-state index in [4.69, 9.17) is 4.74 Å². The average Bonchev–Trinajstić information content (AvgIpc) is 3.13. The second kappa shape index (κ2) is 5.28. The third-order valence-electron chi connectivity index (χ3n) is 3.32. The fraction of sp³-hybridized carbons (Fsp3) is 0.267. The van der Waals surface area contributed by atoms with Gasteiger partial charge < -0.3 is 14.6 Å². The van der Waals surface area contributed by atoms with E-state index in [1.165, 1.54) is 0 Å². The zero-order valence-corrected chi connectivity index (χ0v) is 10.6. The lowest BCUT2D eigenvalue weighted by Crippen LogP contribution is -2.22. The van der Waals surface area contributed by atoms with Gasteiger partial charge in [-0.15, -0.1) is 0 Å². The van der Waals surface area contributed by atoms with Gasteiger partial charge in [-0.05, 0) is 36.8 Å². The molecule has 4 nitrogen and oxygen atoms in total. The minimum absolute atomic E-state index is 0.0183. The van der Waals surface area contributed by atoms with Crippen molar-refractivity contribution >= 4 is 11.6 Å². The number of carbonyl (C=O) groups excluding carboxylic acids is 1. The quantitative estimate of drug-likeness (QED) is 0.916. The van der Waals surface area contributed by atoms with Gasteiger partial charge in [-0.2, -0.15) is 0 Å². The first kappa shape index (κ1) is 12.0. The Morgan fingerprint density at radius 2 is 2.11 bits per heavy atom. The maximum Gasteiger partial charge on any atom is 0.229 e. The van der Waals surface area contributed by atoms with Crippen LogP contribution in [-0.4, -0.2) is 23.7 Å². The van der Waals surface area contributed by atoms with Crippen LogP contribution in [0.1, 0.15) is 6.42 Å². The second-order valence-electron chi connectivity index (χ2n) is 4.69. The number of anilines is 1. The first-order valence-electron chi connectivity index (χ1n) is 6.45. The zero-order chi connectivity index (χ0) is 13.1. The predicted octanol–water partition coefficient (Wildman–Crippen LogP) is 2.45. The third kappa shape index (κ3) is 2.69. The van der Waals surface area contributed by atoms with Crippen molar-refractivity contribution in [3.63, 3.8) is 0 Å². The van der Waals surface area contributed by atoms with E-state index in [1.54, 1.807) is 0 Å². The molecule has 1 N–H and O–H groups in total. The molecule has 0 bridgehead atoms. The molecule has 4 heteroatoms. The number of amides is 1. The molecular formula is C15H16N2O2. The molecule has 1 saturated heterocycles. The molecule has 1 aromatic carbocycles. The fourth-order valence-corrected chi connectivity index (χ4v) is 2.24. The Morgan fingerprint density at radius 3 is 2.84 bits per heavy atom. The van der Waals surface area contributed by atoms with Crippen molar-refractivity contribution in [3.05, 3.63) is 48.8 Å². The van der Waals surface area contributed by atoms with Gasteiger partial charge in [-0.1, -0.05) is 6.07 Å². The summed E-state index contributed by atoms with van der Waals surface area (Å²) < 4.78 is 7.24. The number of carbonyl (C=O) groups is 1. The van der Waals surface area contributed by atoms with Gasteiger partial charge in [0.1, 0.15) is 0 Å². The first-order valence-corrected chi connectivity index (χ1v) is 6.45. The largest absolute Gasteiger partial charge is 0.381 e. The van der Waals surface area contributed by atoms with Gasteiger partial charge in [0.05, 0.1) is 12.5 Å². The highest BCUT2D eigenvalue weighted by molar-refractivity contribution is 5.93. The minimum Gasteiger partial charge on any atom is -0.381 e. The lowest BCUT2D eigenvalue weighted by Gasteiger charge is -2.11. The molecular weight excluding hydrogens is 240 g/mol. The monoisotopic (exact) mass is 256 g/mol. The summed E-state index contributed by atoms with van der Waals surface area (Å²) in [5.74, 6) is 0.0254. The molecule has 1 aromatic heterocycles. The van der Waals surface area contributed by atoms with E-state index in [0.29, 0.717) is 13.2 Å². The van der Waals surface area contributed by atoms with E-state index in [2.05, 4.69) is 5.32 Å². The molecule has 98 valence electrons.